The lowest BCUT2D eigenvalue weighted by Crippen LogP contribution is -2.37. The first-order valence-corrected chi connectivity index (χ1v) is 9.69. The Hall–Kier alpha value is -2.57. The van der Waals surface area contributed by atoms with Crippen LogP contribution in [0.15, 0.2) is 53.1 Å². The van der Waals surface area contributed by atoms with E-state index in [9.17, 15) is 0 Å². The van der Waals surface area contributed by atoms with Crippen molar-refractivity contribution in [3.05, 3.63) is 59.4 Å². The number of hydrogen-bond donors (Lipinski definition) is 0. The molecule has 0 atom stereocenters. The minimum Gasteiger partial charge on any atom is -0.493 e. The number of likely N-dealkylation sites (tertiary alicyclic amines) is 1. The number of methoxy groups -OCH3 is 1. The van der Waals surface area contributed by atoms with Crippen LogP contribution in [0.1, 0.15) is 18.7 Å². The summed E-state index contributed by atoms with van der Waals surface area (Å²) in [6, 6.07) is 15.2. The number of ether oxygens (including phenoxy) is 2. The molecule has 1 aliphatic rings. The van der Waals surface area contributed by atoms with Gasteiger partial charge in [-0.25, -0.2) is 0 Å². The van der Waals surface area contributed by atoms with E-state index in [1.54, 1.807) is 7.11 Å². The summed E-state index contributed by atoms with van der Waals surface area (Å²) in [5.74, 6) is 2.77. The highest BCUT2D eigenvalue weighted by Gasteiger charge is 2.23. The Morgan fingerprint density at radius 2 is 1.79 bits per heavy atom. The van der Waals surface area contributed by atoms with Crippen LogP contribution in [0.3, 0.4) is 0 Å². The van der Waals surface area contributed by atoms with Crippen LogP contribution in [0.4, 0.5) is 0 Å². The monoisotopic (exact) mass is 399 g/mol. The first-order chi connectivity index (χ1) is 13.7. The zero-order valence-electron chi connectivity index (χ0n) is 15.7. The molecule has 0 N–H and O–H groups in total. The van der Waals surface area contributed by atoms with E-state index in [1.165, 1.54) is 0 Å². The summed E-state index contributed by atoms with van der Waals surface area (Å²) < 4.78 is 16.9. The average molecular weight is 400 g/mol. The molecule has 2 heterocycles. The summed E-state index contributed by atoms with van der Waals surface area (Å²) in [5.41, 5.74) is 0.892. The number of piperidine rings is 1. The van der Waals surface area contributed by atoms with Crippen LogP contribution in [0.2, 0.25) is 5.02 Å². The Labute approximate surface area is 169 Å². The molecular formula is C21H22ClN3O3. The summed E-state index contributed by atoms with van der Waals surface area (Å²) in [4.78, 5) is 6.81. The van der Waals surface area contributed by atoms with E-state index in [4.69, 9.17) is 25.6 Å². The summed E-state index contributed by atoms with van der Waals surface area (Å²) in [5, 5.41) is 4.76. The van der Waals surface area contributed by atoms with E-state index >= 15 is 0 Å². The van der Waals surface area contributed by atoms with E-state index in [0.29, 0.717) is 23.3 Å². The Kier molecular flexibility index (Phi) is 5.78. The molecule has 0 unspecified atom stereocenters. The number of para-hydroxylation sites is 2. The zero-order valence-corrected chi connectivity index (χ0v) is 16.4. The fourth-order valence-corrected chi connectivity index (χ4v) is 3.43. The average Bonchev–Trinajstić information content (AvgIpc) is 3.19. The number of nitrogens with zero attached hydrogens (tertiary/aromatic N) is 3. The van der Waals surface area contributed by atoms with Crippen LogP contribution in [0.5, 0.6) is 11.5 Å². The first-order valence-electron chi connectivity index (χ1n) is 9.32. The largest absolute Gasteiger partial charge is 0.493 e. The summed E-state index contributed by atoms with van der Waals surface area (Å²) in [6.45, 7) is 2.47. The number of hydrogen-bond acceptors (Lipinski definition) is 6. The molecule has 4 rings (SSSR count). The van der Waals surface area contributed by atoms with Crippen LogP contribution in [0.25, 0.3) is 11.4 Å². The molecule has 6 nitrogen and oxygen atoms in total. The van der Waals surface area contributed by atoms with Crippen molar-refractivity contribution in [1.29, 1.82) is 0 Å². The fourth-order valence-electron chi connectivity index (χ4n) is 3.31. The second-order valence-electron chi connectivity index (χ2n) is 6.76. The van der Waals surface area contributed by atoms with Gasteiger partial charge in [-0.1, -0.05) is 28.9 Å². The van der Waals surface area contributed by atoms with Gasteiger partial charge in [0.1, 0.15) is 6.10 Å². The van der Waals surface area contributed by atoms with Gasteiger partial charge in [-0.2, -0.15) is 4.98 Å². The molecule has 0 bridgehead atoms. The number of benzene rings is 2. The van der Waals surface area contributed by atoms with Crippen molar-refractivity contribution >= 4 is 11.6 Å². The molecule has 0 radical (unpaired) electrons. The van der Waals surface area contributed by atoms with Gasteiger partial charge >= 0.3 is 0 Å². The summed E-state index contributed by atoms with van der Waals surface area (Å²) >= 11 is 5.92. The van der Waals surface area contributed by atoms with Crippen molar-refractivity contribution in [2.75, 3.05) is 20.2 Å². The van der Waals surface area contributed by atoms with Crippen molar-refractivity contribution in [3.63, 3.8) is 0 Å². The lowest BCUT2D eigenvalue weighted by atomic mass is 10.1. The quantitative estimate of drug-likeness (QED) is 0.610. The topological polar surface area (TPSA) is 60.6 Å². The van der Waals surface area contributed by atoms with Gasteiger partial charge in [0.25, 0.3) is 0 Å². The maximum absolute atomic E-state index is 6.13. The Morgan fingerprint density at radius 3 is 2.50 bits per heavy atom. The highest BCUT2D eigenvalue weighted by molar-refractivity contribution is 6.30. The normalized spacial score (nSPS) is 15.5. The molecule has 0 amide bonds. The van der Waals surface area contributed by atoms with Crippen molar-refractivity contribution in [2.24, 2.45) is 0 Å². The van der Waals surface area contributed by atoms with Crippen LogP contribution >= 0.6 is 11.6 Å². The third-order valence-electron chi connectivity index (χ3n) is 4.83. The molecule has 1 saturated heterocycles. The maximum Gasteiger partial charge on any atom is 0.241 e. The number of halogens is 1. The van der Waals surface area contributed by atoms with Crippen molar-refractivity contribution < 1.29 is 14.0 Å². The van der Waals surface area contributed by atoms with Crippen molar-refractivity contribution in [2.45, 2.75) is 25.5 Å². The van der Waals surface area contributed by atoms with Crippen molar-refractivity contribution in [1.82, 2.24) is 15.0 Å². The predicted octanol–water partition coefficient (Wildman–Crippen LogP) is 4.44. The van der Waals surface area contributed by atoms with Gasteiger partial charge in [-0.15, -0.1) is 0 Å². The lowest BCUT2D eigenvalue weighted by molar-refractivity contribution is 0.0882. The highest BCUT2D eigenvalue weighted by Crippen LogP contribution is 2.29. The van der Waals surface area contributed by atoms with Gasteiger partial charge in [0, 0.05) is 23.7 Å². The smallest absolute Gasteiger partial charge is 0.241 e. The molecule has 0 spiro atoms. The van der Waals surface area contributed by atoms with E-state index in [-0.39, 0.29) is 6.10 Å². The van der Waals surface area contributed by atoms with E-state index in [2.05, 4.69) is 15.0 Å². The van der Waals surface area contributed by atoms with Gasteiger partial charge in [0.15, 0.2) is 11.5 Å². The zero-order chi connectivity index (χ0) is 19.3. The van der Waals surface area contributed by atoms with Crippen LogP contribution in [0, 0.1) is 0 Å². The van der Waals surface area contributed by atoms with Gasteiger partial charge in [0.2, 0.25) is 11.7 Å². The van der Waals surface area contributed by atoms with Gasteiger partial charge < -0.3 is 14.0 Å². The van der Waals surface area contributed by atoms with Crippen LogP contribution < -0.4 is 9.47 Å². The standard InChI is InChI=1S/C21H22ClN3O3/c1-26-18-4-2-3-5-19(18)27-17-10-12-25(13-11-17)14-20-23-21(24-28-20)15-6-8-16(22)9-7-15/h2-9,17H,10-14H2,1H3. The molecule has 0 aliphatic carbocycles. The molecule has 1 aliphatic heterocycles. The molecule has 2 aromatic carbocycles. The summed E-state index contributed by atoms with van der Waals surface area (Å²) in [7, 11) is 1.66. The van der Waals surface area contributed by atoms with E-state index in [1.807, 2.05) is 48.5 Å². The molecule has 7 heteroatoms. The minimum atomic E-state index is 0.180. The molecule has 3 aromatic rings. The van der Waals surface area contributed by atoms with Crippen LogP contribution in [-0.4, -0.2) is 41.3 Å². The first kappa shape index (κ1) is 18.8. The lowest BCUT2D eigenvalue weighted by Gasteiger charge is -2.31. The predicted molar refractivity (Wildman–Crippen MR) is 107 cm³/mol. The molecular weight excluding hydrogens is 378 g/mol. The minimum absolute atomic E-state index is 0.180. The van der Waals surface area contributed by atoms with Gasteiger partial charge in [-0.3, -0.25) is 4.90 Å². The molecule has 28 heavy (non-hydrogen) atoms. The SMILES string of the molecule is COc1ccccc1OC1CCN(Cc2nc(-c3ccc(Cl)cc3)no2)CC1. The number of rotatable bonds is 6. The third kappa shape index (κ3) is 4.46. The second-order valence-corrected chi connectivity index (χ2v) is 7.20. The number of aromatic nitrogens is 2. The molecule has 146 valence electrons. The van der Waals surface area contributed by atoms with E-state index < -0.39 is 0 Å². The Balaban J connectivity index is 1.30. The maximum atomic E-state index is 6.13. The fraction of sp³-hybridized carbons (Fsp3) is 0.333. The second kappa shape index (κ2) is 8.63. The van der Waals surface area contributed by atoms with E-state index in [0.717, 1.165) is 43.0 Å². The van der Waals surface area contributed by atoms with Crippen molar-refractivity contribution in [3.8, 4) is 22.9 Å². The highest BCUT2D eigenvalue weighted by atomic mass is 35.5. The third-order valence-corrected chi connectivity index (χ3v) is 5.08. The molecule has 1 aromatic heterocycles. The molecule has 1 fully saturated rings. The van der Waals surface area contributed by atoms with Crippen LogP contribution in [-0.2, 0) is 6.54 Å². The van der Waals surface area contributed by atoms with Gasteiger partial charge in [-0.05, 0) is 49.2 Å². The molecule has 0 saturated carbocycles. The Bertz CT molecular complexity index is 905. The van der Waals surface area contributed by atoms with Gasteiger partial charge in [0.05, 0.1) is 13.7 Å². The Morgan fingerprint density at radius 1 is 1.07 bits per heavy atom. The summed E-state index contributed by atoms with van der Waals surface area (Å²) in [6.07, 6.45) is 2.06.